The van der Waals surface area contributed by atoms with E-state index in [4.69, 9.17) is 9.47 Å². The van der Waals surface area contributed by atoms with E-state index in [0.29, 0.717) is 6.29 Å². The van der Waals surface area contributed by atoms with E-state index in [9.17, 15) is 29.8 Å². The van der Waals surface area contributed by atoms with Gasteiger partial charge in [0.1, 0.15) is 0 Å². The highest BCUT2D eigenvalue weighted by Crippen LogP contribution is 2.31. The van der Waals surface area contributed by atoms with Crippen LogP contribution in [-0.2, 0) is 0 Å². The van der Waals surface area contributed by atoms with Gasteiger partial charge in [-0.2, -0.15) is 0 Å². The number of esters is 1. The molecule has 2 rings (SSSR count). The molecule has 0 fully saturated rings. The van der Waals surface area contributed by atoms with E-state index < -0.39 is 32.8 Å². The summed E-state index contributed by atoms with van der Waals surface area (Å²) >= 11 is 0. The van der Waals surface area contributed by atoms with Gasteiger partial charge in [0, 0.05) is 12.1 Å². The Morgan fingerprint density at radius 2 is 1.68 bits per heavy atom. The van der Waals surface area contributed by atoms with E-state index in [1.54, 1.807) is 0 Å². The molecule has 0 amide bonds. The van der Waals surface area contributed by atoms with Gasteiger partial charge in [-0.25, -0.2) is 4.79 Å². The van der Waals surface area contributed by atoms with Gasteiger partial charge in [-0.1, -0.05) is 6.07 Å². The third-order valence-electron chi connectivity index (χ3n) is 3.11. The fraction of sp³-hybridized carbons (Fsp3) is 0.0667. The van der Waals surface area contributed by atoms with E-state index in [-0.39, 0.29) is 17.1 Å². The number of carbonyl (C=O) groups is 2. The molecule has 0 aliphatic carbocycles. The molecule has 0 aliphatic rings. The maximum Gasteiger partial charge on any atom is 0.344 e. The lowest BCUT2D eigenvalue weighted by atomic mass is 10.1. The number of para-hydroxylation sites is 1. The number of carbonyl (C=O) groups excluding carboxylic acids is 2. The predicted molar refractivity (Wildman–Crippen MR) is 83.1 cm³/mol. The molecule has 0 saturated heterocycles. The van der Waals surface area contributed by atoms with Crippen LogP contribution in [0.2, 0.25) is 0 Å². The van der Waals surface area contributed by atoms with Crippen molar-refractivity contribution in [2.75, 3.05) is 7.11 Å². The highest BCUT2D eigenvalue weighted by Gasteiger charge is 2.22. The Morgan fingerprint density at radius 1 is 1.08 bits per heavy atom. The number of hydrogen-bond donors (Lipinski definition) is 0. The Bertz CT molecular complexity index is 846. The monoisotopic (exact) mass is 346 g/mol. The van der Waals surface area contributed by atoms with Gasteiger partial charge >= 0.3 is 5.97 Å². The largest absolute Gasteiger partial charge is 0.493 e. The lowest BCUT2D eigenvalue weighted by Crippen LogP contribution is -2.11. The second-order valence-corrected chi connectivity index (χ2v) is 4.64. The van der Waals surface area contributed by atoms with E-state index in [0.717, 1.165) is 18.2 Å². The van der Waals surface area contributed by atoms with Gasteiger partial charge in [-0.15, -0.1) is 0 Å². The van der Waals surface area contributed by atoms with Crippen LogP contribution >= 0.6 is 0 Å². The van der Waals surface area contributed by atoms with Crippen molar-refractivity contribution >= 4 is 23.6 Å². The van der Waals surface area contributed by atoms with Gasteiger partial charge in [0.05, 0.1) is 34.1 Å². The van der Waals surface area contributed by atoms with Crippen LogP contribution in [0, 0.1) is 20.2 Å². The molecule has 25 heavy (non-hydrogen) atoms. The van der Waals surface area contributed by atoms with Crippen LogP contribution in [0.1, 0.15) is 20.7 Å². The number of benzene rings is 2. The first kappa shape index (κ1) is 17.5. The molecule has 0 N–H and O–H groups in total. The Hall–Kier alpha value is -3.82. The zero-order chi connectivity index (χ0) is 18.6. The average Bonchev–Trinajstić information content (AvgIpc) is 2.61. The van der Waals surface area contributed by atoms with Crippen molar-refractivity contribution in [3.63, 3.8) is 0 Å². The van der Waals surface area contributed by atoms with Gasteiger partial charge < -0.3 is 9.47 Å². The molecule has 2 aromatic carbocycles. The Morgan fingerprint density at radius 3 is 2.16 bits per heavy atom. The van der Waals surface area contributed by atoms with Gasteiger partial charge in [-0.3, -0.25) is 25.0 Å². The van der Waals surface area contributed by atoms with Gasteiger partial charge in [0.2, 0.25) is 0 Å². The summed E-state index contributed by atoms with van der Waals surface area (Å²) in [6.07, 6.45) is 0.432. The van der Waals surface area contributed by atoms with Crippen LogP contribution in [0.15, 0.2) is 36.4 Å². The quantitative estimate of drug-likeness (QED) is 0.255. The molecule has 0 bridgehead atoms. The van der Waals surface area contributed by atoms with Crippen molar-refractivity contribution in [2.45, 2.75) is 0 Å². The standard InChI is InChI=1S/C15H10N2O8/c1-24-13-4-2-3-9(8-18)14(13)25-15(19)10-5-11(16(20)21)7-12(6-10)17(22)23/h2-8H,1H3. The Kier molecular flexibility index (Phi) is 5.03. The summed E-state index contributed by atoms with van der Waals surface area (Å²) in [4.78, 5) is 43.3. The van der Waals surface area contributed by atoms with Crippen LogP contribution in [-0.4, -0.2) is 29.2 Å². The number of nitrogens with zero attached hydrogens (tertiary/aromatic N) is 2. The summed E-state index contributed by atoms with van der Waals surface area (Å²) < 4.78 is 10.1. The smallest absolute Gasteiger partial charge is 0.344 e. The molecule has 0 heterocycles. The molecular weight excluding hydrogens is 336 g/mol. The Balaban J connectivity index is 2.47. The topological polar surface area (TPSA) is 139 Å². The second-order valence-electron chi connectivity index (χ2n) is 4.64. The minimum Gasteiger partial charge on any atom is -0.493 e. The van der Waals surface area contributed by atoms with E-state index in [1.807, 2.05) is 0 Å². The molecule has 2 aromatic rings. The number of aldehydes is 1. The summed E-state index contributed by atoms with van der Waals surface area (Å²) in [6, 6.07) is 6.70. The van der Waals surface area contributed by atoms with Crippen molar-refractivity contribution in [3.8, 4) is 11.5 Å². The summed E-state index contributed by atoms with van der Waals surface area (Å²) in [5.74, 6) is -1.23. The van der Waals surface area contributed by atoms with Crippen LogP contribution in [0.4, 0.5) is 11.4 Å². The fourth-order valence-corrected chi connectivity index (χ4v) is 1.97. The first-order valence-corrected chi connectivity index (χ1v) is 6.65. The molecule has 0 aromatic heterocycles. The molecule has 0 aliphatic heterocycles. The minimum absolute atomic E-state index is 0.00707. The molecular formula is C15H10N2O8. The maximum absolute atomic E-state index is 12.3. The van der Waals surface area contributed by atoms with Crippen molar-refractivity contribution < 1.29 is 28.9 Å². The summed E-state index contributed by atoms with van der Waals surface area (Å²) in [5, 5.41) is 21.7. The van der Waals surface area contributed by atoms with E-state index in [1.165, 1.54) is 25.3 Å². The van der Waals surface area contributed by atoms with Gasteiger partial charge in [0.25, 0.3) is 11.4 Å². The lowest BCUT2D eigenvalue weighted by molar-refractivity contribution is -0.394. The van der Waals surface area contributed by atoms with Crippen molar-refractivity contribution in [2.24, 2.45) is 0 Å². The summed E-state index contributed by atoms with van der Waals surface area (Å²) in [6.45, 7) is 0. The highest BCUT2D eigenvalue weighted by atomic mass is 16.6. The molecule has 128 valence electrons. The summed E-state index contributed by atoms with van der Waals surface area (Å²) in [7, 11) is 1.29. The third-order valence-corrected chi connectivity index (χ3v) is 3.11. The maximum atomic E-state index is 12.3. The minimum atomic E-state index is -1.11. The second kappa shape index (κ2) is 7.17. The third kappa shape index (κ3) is 3.75. The zero-order valence-electron chi connectivity index (χ0n) is 12.7. The first-order valence-electron chi connectivity index (χ1n) is 6.65. The van der Waals surface area contributed by atoms with E-state index in [2.05, 4.69) is 0 Å². The van der Waals surface area contributed by atoms with Gasteiger partial charge in [0.15, 0.2) is 17.8 Å². The molecule has 10 nitrogen and oxygen atoms in total. The number of ether oxygens (including phenoxy) is 2. The van der Waals surface area contributed by atoms with Crippen molar-refractivity contribution in [3.05, 3.63) is 67.8 Å². The van der Waals surface area contributed by atoms with Crippen molar-refractivity contribution in [1.82, 2.24) is 0 Å². The van der Waals surface area contributed by atoms with Crippen LogP contribution in [0.3, 0.4) is 0 Å². The molecule has 0 spiro atoms. The first-order chi connectivity index (χ1) is 11.9. The number of nitro benzene ring substituents is 2. The lowest BCUT2D eigenvalue weighted by Gasteiger charge is -2.11. The average molecular weight is 346 g/mol. The zero-order valence-corrected chi connectivity index (χ0v) is 12.7. The number of hydrogen-bond acceptors (Lipinski definition) is 8. The summed E-state index contributed by atoms with van der Waals surface area (Å²) in [5.41, 5.74) is -1.69. The van der Waals surface area contributed by atoms with Gasteiger partial charge in [-0.05, 0) is 12.1 Å². The Labute approximate surface area is 139 Å². The number of rotatable bonds is 6. The number of nitro groups is 2. The number of non-ortho nitro benzene ring substituents is 2. The normalized spacial score (nSPS) is 9.96. The molecule has 0 radical (unpaired) electrons. The highest BCUT2D eigenvalue weighted by molar-refractivity contribution is 5.94. The SMILES string of the molecule is COc1cccc(C=O)c1OC(=O)c1cc([N+](=O)[O-])cc([N+](=O)[O-])c1. The molecule has 0 atom stereocenters. The fourth-order valence-electron chi connectivity index (χ4n) is 1.97. The van der Waals surface area contributed by atoms with Crippen LogP contribution < -0.4 is 9.47 Å². The predicted octanol–water partition coefficient (Wildman–Crippen LogP) is 2.54. The van der Waals surface area contributed by atoms with Crippen LogP contribution in [0.25, 0.3) is 0 Å². The van der Waals surface area contributed by atoms with Crippen molar-refractivity contribution in [1.29, 1.82) is 0 Å². The van der Waals surface area contributed by atoms with E-state index >= 15 is 0 Å². The number of methoxy groups -OCH3 is 1. The molecule has 10 heteroatoms. The molecule has 0 saturated carbocycles. The van der Waals surface area contributed by atoms with Crippen LogP contribution in [0.5, 0.6) is 11.5 Å². The molecule has 0 unspecified atom stereocenters.